The van der Waals surface area contributed by atoms with Crippen molar-refractivity contribution in [3.05, 3.63) is 29.8 Å². The van der Waals surface area contributed by atoms with Gasteiger partial charge in [-0.3, -0.25) is 4.79 Å². The lowest BCUT2D eigenvalue weighted by atomic mass is 9.83. The summed E-state index contributed by atoms with van der Waals surface area (Å²) in [5, 5.41) is 9.23. The van der Waals surface area contributed by atoms with Gasteiger partial charge in [0.1, 0.15) is 0 Å². The lowest BCUT2D eigenvalue weighted by Crippen LogP contribution is -2.44. The smallest absolute Gasteiger partial charge is 0.227 e. The molecule has 0 aliphatic carbocycles. The molecule has 1 heterocycles. The first-order valence-electron chi connectivity index (χ1n) is 7.39. The maximum atomic E-state index is 12.4. The van der Waals surface area contributed by atoms with Crippen molar-refractivity contribution in [2.75, 3.05) is 32.1 Å². The summed E-state index contributed by atoms with van der Waals surface area (Å²) in [6.45, 7) is 3.27. The summed E-state index contributed by atoms with van der Waals surface area (Å²) in [4.78, 5) is 16.3. The van der Waals surface area contributed by atoms with Gasteiger partial charge in [0.25, 0.3) is 0 Å². The van der Waals surface area contributed by atoms with Gasteiger partial charge in [0.2, 0.25) is 5.91 Å². The van der Waals surface area contributed by atoms with Gasteiger partial charge in [-0.15, -0.1) is 0 Å². The van der Waals surface area contributed by atoms with Crippen LogP contribution in [0, 0.1) is 16.7 Å². The van der Waals surface area contributed by atoms with Crippen LogP contribution >= 0.6 is 0 Å². The number of carbonyl (C=O) groups excluding carboxylic acids is 1. The lowest BCUT2D eigenvalue weighted by molar-refractivity contribution is -0.132. The monoisotopic (exact) mass is 285 g/mol. The third kappa shape index (κ3) is 3.75. The molecule has 0 bridgehead atoms. The number of nitrogens with zero attached hydrogens (tertiary/aromatic N) is 3. The number of rotatable bonds is 3. The Morgan fingerprint density at radius 3 is 2.62 bits per heavy atom. The van der Waals surface area contributed by atoms with Crippen LogP contribution in [0.1, 0.15) is 25.3 Å². The van der Waals surface area contributed by atoms with Crippen molar-refractivity contribution in [1.29, 1.82) is 5.26 Å². The van der Waals surface area contributed by atoms with E-state index < -0.39 is 0 Å². The molecule has 21 heavy (non-hydrogen) atoms. The van der Waals surface area contributed by atoms with E-state index in [1.807, 2.05) is 55.1 Å². The van der Waals surface area contributed by atoms with Crippen LogP contribution in [0.2, 0.25) is 0 Å². The zero-order valence-corrected chi connectivity index (χ0v) is 13.1. The minimum Gasteiger partial charge on any atom is -0.378 e. The fourth-order valence-electron chi connectivity index (χ4n) is 2.74. The molecule has 112 valence electrons. The molecular weight excluding hydrogens is 262 g/mol. The highest BCUT2D eigenvalue weighted by Gasteiger charge is 2.32. The van der Waals surface area contributed by atoms with E-state index in [9.17, 15) is 10.1 Å². The van der Waals surface area contributed by atoms with Gasteiger partial charge >= 0.3 is 0 Å². The molecule has 0 radical (unpaired) electrons. The number of piperidine rings is 1. The van der Waals surface area contributed by atoms with Crippen molar-refractivity contribution in [3.8, 4) is 6.07 Å². The van der Waals surface area contributed by atoms with Crippen molar-refractivity contribution in [3.63, 3.8) is 0 Å². The summed E-state index contributed by atoms with van der Waals surface area (Å²) in [6, 6.07) is 10.4. The number of nitriles is 1. The molecular formula is C17H23N3O. The van der Waals surface area contributed by atoms with Gasteiger partial charge in [-0.05, 0) is 37.5 Å². The standard InChI is InChI=1S/C17H23N3O/c1-17(12-18)9-4-10-20(13-17)16(21)11-14-5-7-15(8-6-14)19(2)3/h5-8H,4,9-11,13H2,1-3H3. The van der Waals surface area contributed by atoms with Gasteiger partial charge in [-0.2, -0.15) is 5.26 Å². The molecule has 1 fully saturated rings. The van der Waals surface area contributed by atoms with E-state index in [4.69, 9.17) is 0 Å². The highest BCUT2D eigenvalue weighted by atomic mass is 16.2. The van der Waals surface area contributed by atoms with Gasteiger partial charge in [0.15, 0.2) is 0 Å². The molecule has 4 nitrogen and oxygen atoms in total. The second-order valence-corrected chi connectivity index (χ2v) is 6.33. The molecule has 1 atom stereocenters. The van der Waals surface area contributed by atoms with Gasteiger partial charge in [-0.25, -0.2) is 0 Å². The molecule has 0 spiro atoms. The molecule has 2 rings (SSSR count). The summed E-state index contributed by atoms with van der Waals surface area (Å²) in [5.74, 6) is 0.119. The van der Waals surface area contributed by atoms with E-state index in [0.717, 1.165) is 30.6 Å². The Kier molecular flexibility index (Phi) is 4.52. The Labute approximate surface area is 127 Å². The largest absolute Gasteiger partial charge is 0.378 e. The number of hydrogen-bond donors (Lipinski definition) is 0. The van der Waals surface area contributed by atoms with Gasteiger partial charge in [0.05, 0.1) is 17.9 Å². The van der Waals surface area contributed by atoms with Crippen molar-refractivity contribution in [2.45, 2.75) is 26.2 Å². The average molecular weight is 285 g/mol. The van der Waals surface area contributed by atoms with Crippen LogP contribution in [0.15, 0.2) is 24.3 Å². The Bertz CT molecular complexity index is 544. The number of amides is 1. The van der Waals surface area contributed by atoms with E-state index >= 15 is 0 Å². The maximum absolute atomic E-state index is 12.4. The summed E-state index contributed by atoms with van der Waals surface area (Å²) in [5.41, 5.74) is 1.76. The Balaban J connectivity index is 1.99. The van der Waals surface area contributed by atoms with Crippen LogP contribution in [0.3, 0.4) is 0 Å². The average Bonchev–Trinajstić information content (AvgIpc) is 2.48. The predicted molar refractivity (Wildman–Crippen MR) is 84.0 cm³/mol. The van der Waals surface area contributed by atoms with E-state index in [2.05, 4.69) is 6.07 Å². The van der Waals surface area contributed by atoms with Crippen molar-refractivity contribution < 1.29 is 4.79 Å². The van der Waals surface area contributed by atoms with E-state index in [1.54, 1.807) is 0 Å². The SMILES string of the molecule is CN(C)c1ccc(CC(=O)N2CCCC(C)(C#N)C2)cc1. The highest BCUT2D eigenvalue weighted by molar-refractivity contribution is 5.79. The first-order valence-corrected chi connectivity index (χ1v) is 7.39. The van der Waals surface area contributed by atoms with E-state index in [0.29, 0.717) is 13.0 Å². The molecule has 0 aromatic heterocycles. The molecule has 0 N–H and O–H groups in total. The molecule has 1 aliphatic heterocycles. The maximum Gasteiger partial charge on any atom is 0.227 e. The minimum atomic E-state index is -0.386. The fraction of sp³-hybridized carbons (Fsp3) is 0.529. The number of carbonyl (C=O) groups is 1. The zero-order valence-electron chi connectivity index (χ0n) is 13.1. The quantitative estimate of drug-likeness (QED) is 0.857. The lowest BCUT2D eigenvalue weighted by Gasteiger charge is -2.36. The topological polar surface area (TPSA) is 47.3 Å². The third-order valence-electron chi connectivity index (χ3n) is 4.13. The van der Waals surface area contributed by atoms with Crippen molar-refractivity contribution in [2.24, 2.45) is 5.41 Å². The molecule has 1 saturated heterocycles. The molecule has 0 saturated carbocycles. The number of anilines is 1. The Morgan fingerprint density at radius 1 is 1.38 bits per heavy atom. The summed E-state index contributed by atoms with van der Waals surface area (Å²) >= 11 is 0. The first-order chi connectivity index (χ1) is 9.93. The summed E-state index contributed by atoms with van der Waals surface area (Å²) in [7, 11) is 3.99. The minimum absolute atomic E-state index is 0.119. The molecule has 1 aliphatic rings. The second kappa shape index (κ2) is 6.17. The van der Waals surface area contributed by atoms with E-state index in [1.165, 1.54) is 0 Å². The van der Waals surface area contributed by atoms with Crippen molar-refractivity contribution >= 4 is 11.6 Å². The fourth-order valence-corrected chi connectivity index (χ4v) is 2.74. The van der Waals surface area contributed by atoms with Crippen LogP contribution in [-0.4, -0.2) is 38.0 Å². The van der Waals surface area contributed by atoms with Crippen molar-refractivity contribution in [1.82, 2.24) is 4.90 Å². The molecule has 1 aromatic rings. The Morgan fingerprint density at radius 2 is 2.05 bits per heavy atom. The van der Waals surface area contributed by atoms with Gasteiger partial charge in [0, 0.05) is 32.9 Å². The summed E-state index contributed by atoms with van der Waals surface area (Å²) < 4.78 is 0. The predicted octanol–water partition coefficient (Wildman–Crippen LogP) is 2.45. The number of likely N-dealkylation sites (tertiary alicyclic amines) is 1. The molecule has 1 unspecified atom stereocenters. The normalized spacial score (nSPS) is 21.7. The second-order valence-electron chi connectivity index (χ2n) is 6.33. The Hall–Kier alpha value is -2.02. The van der Waals surface area contributed by atoms with Crippen LogP contribution in [-0.2, 0) is 11.2 Å². The number of benzene rings is 1. The van der Waals surface area contributed by atoms with Crippen LogP contribution in [0.5, 0.6) is 0 Å². The van der Waals surface area contributed by atoms with Gasteiger partial charge < -0.3 is 9.80 Å². The number of hydrogen-bond acceptors (Lipinski definition) is 3. The molecule has 4 heteroatoms. The first kappa shape index (κ1) is 15.4. The van der Waals surface area contributed by atoms with Crippen LogP contribution in [0.4, 0.5) is 5.69 Å². The van der Waals surface area contributed by atoms with Crippen LogP contribution < -0.4 is 4.90 Å². The summed E-state index contributed by atoms with van der Waals surface area (Å²) in [6.07, 6.45) is 2.20. The van der Waals surface area contributed by atoms with E-state index in [-0.39, 0.29) is 11.3 Å². The van der Waals surface area contributed by atoms with Gasteiger partial charge in [-0.1, -0.05) is 12.1 Å². The molecule has 1 amide bonds. The molecule has 1 aromatic carbocycles. The third-order valence-corrected chi connectivity index (χ3v) is 4.13. The van der Waals surface area contributed by atoms with Crippen LogP contribution in [0.25, 0.3) is 0 Å². The highest BCUT2D eigenvalue weighted by Crippen LogP contribution is 2.28. The zero-order chi connectivity index (χ0) is 15.5.